The monoisotopic (exact) mass is 716 g/mol. The van der Waals surface area contributed by atoms with Crippen molar-refractivity contribution in [3.63, 3.8) is 0 Å². The highest BCUT2D eigenvalue weighted by Gasteiger charge is 2.17. The first-order chi connectivity index (χ1) is 27.2. The second-order valence-electron chi connectivity index (χ2n) is 14.1. The highest BCUT2D eigenvalue weighted by Crippen LogP contribution is 2.42. The first-order valence-corrected chi connectivity index (χ1v) is 19.5. The van der Waals surface area contributed by atoms with Crippen molar-refractivity contribution in [2.75, 3.05) is 0 Å². The largest absolute Gasteiger partial charge is 0.228 e. The van der Waals surface area contributed by atoms with Crippen molar-refractivity contribution in [2.45, 2.75) is 0 Å². The van der Waals surface area contributed by atoms with Gasteiger partial charge in [-0.2, -0.15) is 0 Å². The van der Waals surface area contributed by atoms with Gasteiger partial charge in [-0.3, -0.25) is 0 Å². The molecule has 2 nitrogen and oxygen atoms in total. The van der Waals surface area contributed by atoms with Crippen LogP contribution in [0, 0.1) is 0 Å². The zero-order valence-corrected chi connectivity index (χ0v) is 30.6. The van der Waals surface area contributed by atoms with Gasteiger partial charge in [0.25, 0.3) is 0 Å². The number of thiophene rings is 1. The Morgan fingerprint density at radius 3 is 1.87 bits per heavy atom. The zero-order valence-electron chi connectivity index (χ0n) is 29.8. The summed E-state index contributed by atoms with van der Waals surface area (Å²) >= 11 is 1.85. The van der Waals surface area contributed by atoms with Gasteiger partial charge in [0.2, 0.25) is 0 Å². The van der Waals surface area contributed by atoms with Gasteiger partial charge in [-0.25, -0.2) is 9.97 Å². The fourth-order valence-electron chi connectivity index (χ4n) is 8.27. The summed E-state index contributed by atoms with van der Waals surface area (Å²) in [5.74, 6) is 0.703. The Bertz CT molecular complexity index is 3270. The Labute approximate surface area is 322 Å². The summed E-state index contributed by atoms with van der Waals surface area (Å²) < 4.78 is 2.60. The van der Waals surface area contributed by atoms with Crippen LogP contribution in [0.3, 0.4) is 0 Å². The minimum absolute atomic E-state index is 0.703. The van der Waals surface area contributed by atoms with Gasteiger partial charge in [0.15, 0.2) is 5.82 Å². The van der Waals surface area contributed by atoms with Crippen LogP contribution in [-0.2, 0) is 0 Å². The molecular weight excluding hydrogens is 685 g/mol. The maximum atomic E-state index is 5.27. The van der Waals surface area contributed by atoms with E-state index in [2.05, 4.69) is 188 Å². The third kappa shape index (κ3) is 5.40. The first-order valence-electron chi connectivity index (χ1n) is 18.6. The number of benzene rings is 9. The molecule has 2 aromatic heterocycles. The molecule has 256 valence electrons. The maximum absolute atomic E-state index is 5.27. The van der Waals surface area contributed by atoms with E-state index in [0.29, 0.717) is 5.82 Å². The smallest absolute Gasteiger partial charge is 0.160 e. The van der Waals surface area contributed by atoms with Gasteiger partial charge in [-0.05, 0) is 91.0 Å². The summed E-state index contributed by atoms with van der Waals surface area (Å²) in [7, 11) is 0. The molecule has 0 radical (unpaired) electrons. The zero-order chi connectivity index (χ0) is 36.3. The van der Waals surface area contributed by atoms with E-state index < -0.39 is 0 Å². The molecule has 0 spiro atoms. The molecule has 0 fully saturated rings. The van der Waals surface area contributed by atoms with Crippen LogP contribution < -0.4 is 0 Å². The van der Waals surface area contributed by atoms with Crippen LogP contribution in [0.2, 0.25) is 0 Å². The molecule has 0 aliphatic heterocycles. The topological polar surface area (TPSA) is 25.8 Å². The molecular formula is C52H32N2S. The molecule has 0 bridgehead atoms. The van der Waals surface area contributed by atoms with Crippen LogP contribution in [0.25, 0.3) is 109 Å². The van der Waals surface area contributed by atoms with E-state index in [1.807, 2.05) is 17.4 Å². The van der Waals surface area contributed by atoms with Gasteiger partial charge in [0, 0.05) is 36.9 Å². The molecule has 11 aromatic rings. The van der Waals surface area contributed by atoms with Gasteiger partial charge in [-0.15, -0.1) is 11.3 Å². The second kappa shape index (κ2) is 12.9. The molecule has 0 N–H and O–H groups in total. The Morgan fingerprint density at radius 2 is 0.982 bits per heavy atom. The number of fused-ring (bicyclic) bond motifs is 7. The molecule has 11 rings (SSSR count). The Kier molecular flexibility index (Phi) is 7.39. The lowest BCUT2D eigenvalue weighted by molar-refractivity contribution is 1.18. The van der Waals surface area contributed by atoms with E-state index in [4.69, 9.17) is 9.97 Å². The van der Waals surface area contributed by atoms with E-state index in [0.717, 1.165) is 39.2 Å². The standard InChI is InChI=1S/C52H32N2S/c1-2-14-34(15-3-1)52-53-47(32-48(54-52)42-22-9-8-20-40(42)36-26-28-50-46(31-36)43-23-10-11-24-49(43)55-50)37-17-12-18-38(29-37)51-41-21-7-5-16-35(41)30-45-39-19-6-4-13-33(39)25-27-44(45)51/h1-32H. The number of rotatable bonds is 5. The van der Waals surface area contributed by atoms with Gasteiger partial charge in [0.05, 0.1) is 11.4 Å². The molecule has 0 aliphatic carbocycles. The molecule has 0 aliphatic rings. The molecule has 0 saturated heterocycles. The van der Waals surface area contributed by atoms with E-state index in [1.54, 1.807) is 0 Å². The van der Waals surface area contributed by atoms with E-state index >= 15 is 0 Å². The normalized spacial score (nSPS) is 11.6. The summed E-state index contributed by atoms with van der Waals surface area (Å²) in [5, 5.41) is 10.1. The molecule has 2 heterocycles. The second-order valence-corrected chi connectivity index (χ2v) is 15.2. The molecule has 0 saturated carbocycles. The Balaban J connectivity index is 1.11. The SMILES string of the molecule is c1ccc(-c2nc(-c3cccc(-c4c5ccccc5cc5c4ccc4ccccc45)c3)cc(-c3ccccc3-c3ccc4sc5ccccc5c4c3)n2)cc1. The van der Waals surface area contributed by atoms with Crippen molar-refractivity contribution in [3.05, 3.63) is 194 Å². The van der Waals surface area contributed by atoms with Crippen LogP contribution in [0.1, 0.15) is 0 Å². The Morgan fingerprint density at radius 1 is 0.309 bits per heavy atom. The first kappa shape index (κ1) is 31.6. The summed E-state index contributed by atoms with van der Waals surface area (Å²) in [4.78, 5) is 10.5. The van der Waals surface area contributed by atoms with Crippen molar-refractivity contribution in [2.24, 2.45) is 0 Å². The van der Waals surface area contributed by atoms with Gasteiger partial charge in [-0.1, -0.05) is 158 Å². The number of hydrogen-bond donors (Lipinski definition) is 0. The minimum atomic E-state index is 0.703. The number of hydrogen-bond acceptors (Lipinski definition) is 3. The lowest BCUT2D eigenvalue weighted by atomic mass is 9.89. The third-order valence-electron chi connectivity index (χ3n) is 10.9. The van der Waals surface area contributed by atoms with Crippen molar-refractivity contribution < 1.29 is 0 Å². The van der Waals surface area contributed by atoms with Crippen molar-refractivity contribution in [3.8, 4) is 56.2 Å². The molecule has 9 aromatic carbocycles. The highest BCUT2D eigenvalue weighted by atomic mass is 32.1. The van der Waals surface area contributed by atoms with Crippen molar-refractivity contribution >= 4 is 63.8 Å². The third-order valence-corrected chi connectivity index (χ3v) is 12.0. The van der Waals surface area contributed by atoms with Crippen LogP contribution in [0.5, 0.6) is 0 Å². The molecule has 0 unspecified atom stereocenters. The van der Waals surface area contributed by atoms with Crippen LogP contribution in [0.4, 0.5) is 0 Å². The van der Waals surface area contributed by atoms with E-state index in [1.165, 1.54) is 63.6 Å². The van der Waals surface area contributed by atoms with Crippen LogP contribution >= 0.6 is 11.3 Å². The van der Waals surface area contributed by atoms with E-state index in [9.17, 15) is 0 Å². The van der Waals surface area contributed by atoms with Crippen molar-refractivity contribution in [1.29, 1.82) is 0 Å². The summed E-state index contributed by atoms with van der Waals surface area (Å²) in [6.07, 6.45) is 0. The fraction of sp³-hybridized carbons (Fsp3) is 0. The minimum Gasteiger partial charge on any atom is -0.228 e. The molecule has 55 heavy (non-hydrogen) atoms. The lowest BCUT2D eigenvalue weighted by Gasteiger charge is -2.16. The van der Waals surface area contributed by atoms with Crippen molar-refractivity contribution in [1.82, 2.24) is 9.97 Å². The predicted molar refractivity (Wildman–Crippen MR) is 235 cm³/mol. The van der Waals surface area contributed by atoms with Gasteiger partial charge >= 0.3 is 0 Å². The van der Waals surface area contributed by atoms with Crippen LogP contribution in [-0.4, -0.2) is 9.97 Å². The summed E-state index contributed by atoms with van der Waals surface area (Å²) in [6.45, 7) is 0. The van der Waals surface area contributed by atoms with Crippen LogP contribution in [0.15, 0.2) is 194 Å². The summed E-state index contributed by atoms with van der Waals surface area (Å²) in [5.41, 5.74) is 9.59. The Hall–Kier alpha value is -6.94. The quantitative estimate of drug-likeness (QED) is 0.131. The molecule has 0 atom stereocenters. The number of nitrogens with zero attached hydrogens (tertiary/aromatic N) is 2. The maximum Gasteiger partial charge on any atom is 0.160 e. The van der Waals surface area contributed by atoms with E-state index in [-0.39, 0.29) is 0 Å². The average molecular weight is 717 g/mol. The number of aromatic nitrogens is 2. The average Bonchev–Trinajstić information content (AvgIpc) is 3.64. The summed E-state index contributed by atoms with van der Waals surface area (Å²) in [6, 6.07) is 69.8. The highest BCUT2D eigenvalue weighted by molar-refractivity contribution is 7.25. The lowest BCUT2D eigenvalue weighted by Crippen LogP contribution is -1.97. The predicted octanol–water partition coefficient (Wildman–Crippen LogP) is 14.6. The van der Waals surface area contributed by atoms with Gasteiger partial charge < -0.3 is 0 Å². The fourth-order valence-corrected chi connectivity index (χ4v) is 9.35. The molecule has 3 heteroatoms. The molecule has 0 amide bonds. The van der Waals surface area contributed by atoms with Gasteiger partial charge in [0.1, 0.15) is 0 Å².